The Labute approximate surface area is 348 Å². The largest absolute Gasteiger partial charge is 0.455 e. The Kier molecular flexibility index (Phi) is 12.5. The minimum absolute atomic E-state index is 0.0484. The normalized spacial score (nSPS) is 32.6. The first-order valence-corrected chi connectivity index (χ1v) is 20.3. The number of aliphatic hydroxyl groups is 3. The highest BCUT2D eigenvalue weighted by Gasteiger charge is 2.78. The summed E-state index contributed by atoms with van der Waals surface area (Å²) in [5.74, 6) is -7.64. The molecule has 6 rings (SSSR count). The third-order valence-corrected chi connectivity index (χ3v) is 13.3. The third-order valence-electron chi connectivity index (χ3n) is 13.3. The number of hydrogen-bond acceptors (Lipinski definition) is 15. The van der Waals surface area contributed by atoms with Crippen LogP contribution in [0.5, 0.6) is 0 Å². The van der Waals surface area contributed by atoms with Crippen molar-refractivity contribution in [1.82, 2.24) is 0 Å². The van der Waals surface area contributed by atoms with Gasteiger partial charge in [-0.05, 0) is 49.1 Å². The lowest BCUT2D eigenvalue weighted by molar-refractivity contribution is -0.346. The molecule has 60 heavy (non-hydrogen) atoms. The Morgan fingerprint density at radius 2 is 1.57 bits per heavy atom. The maximum atomic E-state index is 15.0. The molecule has 2 aromatic rings. The van der Waals surface area contributed by atoms with Crippen molar-refractivity contribution in [2.45, 2.75) is 128 Å². The van der Waals surface area contributed by atoms with Gasteiger partial charge in [-0.2, -0.15) is 0 Å². The Morgan fingerprint density at radius 3 is 2.15 bits per heavy atom. The van der Waals surface area contributed by atoms with E-state index in [2.05, 4.69) is 0 Å². The van der Waals surface area contributed by atoms with Crippen molar-refractivity contribution in [2.24, 2.45) is 16.7 Å². The number of carbonyl (C=O) groups is 6. The van der Waals surface area contributed by atoms with Crippen molar-refractivity contribution < 1.29 is 72.5 Å². The molecule has 2 bridgehead atoms. The number of aliphatic hydroxyl groups excluding tert-OH is 2. The molecule has 15 nitrogen and oxygen atoms in total. The van der Waals surface area contributed by atoms with Crippen molar-refractivity contribution in [1.29, 1.82) is 0 Å². The second-order valence-corrected chi connectivity index (χ2v) is 17.1. The number of esters is 5. The maximum absolute atomic E-state index is 15.0. The molecular weight excluding hydrogens is 780 g/mol. The number of rotatable bonds is 12. The van der Waals surface area contributed by atoms with Gasteiger partial charge < -0.3 is 43.7 Å². The molecule has 3 aliphatic carbocycles. The molecule has 0 radical (unpaired) electrons. The standard InChI is InChI=1S/C45H54O15/c1-8-15-32(48)55-22-33(49)58-36(24(2)27-16-11-9-12-17-27)41(53)57-29-21-45(54)39(59-40(52)28-18-13-10-14-19-28)37-43(7,38(51)35(50)34(25(29)3)42(45,5)6)30(47)20-31-44(37,23-56-31)60-26(4)46/h9-14,16-19,24,29-31,35-37,39,47,50,54H,8,15,20-23H2,1-7H3/t24-,29-,30-,31+,35+,36+,37-,39-,43+,44-,45+/m0/s1. The fourth-order valence-electron chi connectivity index (χ4n) is 9.86. The fraction of sp³-hybridized carbons (Fsp3) is 0.556. The summed E-state index contributed by atoms with van der Waals surface area (Å²) in [5, 5.41) is 37.6. The van der Waals surface area contributed by atoms with Crippen LogP contribution < -0.4 is 0 Å². The smallest absolute Gasteiger partial charge is 0.348 e. The molecule has 0 spiro atoms. The Balaban J connectivity index is 1.48. The summed E-state index contributed by atoms with van der Waals surface area (Å²) < 4.78 is 35.0. The molecule has 3 fully saturated rings. The number of fused-ring (bicyclic) bond motifs is 5. The van der Waals surface area contributed by atoms with E-state index in [9.17, 15) is 39.3 Å². The Bertz CT molecular complexity index is 2030. The van der Waals surface area contributed by atoms with E-state index in [-0.39, 0.29) is 36.2 Å². The molecule has 324 valence electrons. The van der Waals surface area contributed by atoms with Gasteiger partial charge in [-0.25, -0.2) is 14.4 Å². The SMILES string of the molecule is CCCC(=O)OCC(=O)O[C@@H](C(=O)O[C@H]1C[C@@]2(O)[C@@H](OC(=O)c3ccccc3)[C@@H]3[C@]4(OC(C)=O)CO[C@@H]4C[C@H](O)[C@@]3(C)C(=O)[C@H](O)C(=C1C)C2(C)C)[C@@H](C)c1ccccc1. The van der Waals surface area contributed by atoms with E-state index in [0.717, 1.165) is 6.92 Å². The average Bonchev–Trinajstić information content (AvgIpc) is 3.20. The zero-order valence-corrected chi connectivity index (χ0v) is 34.9. The van der Waals surface area contributed by atoms with Gasteiger partial charge in [-0.3, -0.25) is 14.4 Å². The molecule has 0 unspecified atom stereocenters. The molecule has 1 saturated heterocycles. The highest BCUT2D eigenvalue weighted by atomic mass is 16.6. The van der Waals surface area contributed by atoms with Crippen molar-refractivity contribution in [3.05, 3.63) is 82.9 Å². The summed E-state index contributed by atoms with van der Waals surface area (Å²) in [4.78, 5) is 81.7. The second kappa shape index (κ2) is 16.8. The quantitative estimate of drug-likeness (QED) is 0.158. The monoisotopic (exact) mass is 834 g/mol. The van der Waals surface area contributed by atoms with E-state index >= 15 is 4.79 Å². The molecule has 2 saturated carbocycles. The predicted octanol–water partition coefficient (Wildman–Crippen LogP) is 3.69. The van der Waals surface area contributed by atoms with E-state index < -0.39 is 119 Å². The van der Waals surface area contributed by atoms with Crippen LogP contribution >= 0.6 is 0 Å². The summed E-state index contributed by atoms with van der Waals surface area (Å²) in [6.45, 7) is 9.53. The summed E-state index contributed by atoms with van der Waals surface area (Å²) in [6, 6.07) is 16.5. The van der Waals surface area contributed by atoms with Gasteiger partial charge in [-0.15, -0.1) is 0 Å². The number of ether oxygens (including phenoxy) is 6. The molecule has 0 aromatic heterocycles. The Hall–Kier alpha value is -4.96. The van der Waals surface area contributed by atoms with Crippen LogP contribution in [0, 0.1) is 16.7 Å². The van der Waals surface area contributed by atoms with Crippen molar-refractivity contribution >= 4 is 35.6 Å². The maximum Gasteiger partial charge on any atom is 0.348 e. The van der Waals surface area contributed by atoms with Crippen LogP contribution in [0.3, 0.4) is 0 Å². The molecule has 4 aliphatic rings. The van der Waals surface area contributed by atoms with Gasteiger partial charge in [0.15, 0.2) is 18.0 Å². The highest BCUT2D eigenvalue weighted by molar-refractivity contribution is 5.94. The number of hydrogen-bond donors (Lipinski definition) is 3. The molecule has 11 atom stereocenters. The van der Waals surface area contributed by atoms with Crippen molar-refractivity contribution in [2.75, 3.05) is 13.2 Å². The minimum atomic E-state index is -2.35. The fourth-order valence-corrected chi connectivity index (χ4v) is 9.86. The summed E-state index contributed by atoms with van der Waals surface area (Å²) in [6.07, 6.45) is -9.52. The number of benzene rings is 2. The van der Waals surface area contributed by atoms with Gasteiger partial charge in [0.1, 0.15) is 30.0 Å². The van der Waals surface area contributed by atoms with Crippen LogP contribution in [-0.4, -0.2) is 112 Å². The molecule has 1 aliphatic heterocycles. The van der Waals surface area contributed by atoms with E-state index in [1.54, 1.807) is 76.2 Å². The number of ketones is 1. The van der Waals surface area contributed by atoms with Crippen LogP contribution in [0.4, 0.5) is 0 Å². The molecule has 2 aromatic carbocycles. The molecule has 0 amide bonds. The lowest BCUT2D eigenvalue weighted by atomic mass is 9.44. The van der Waals surface area contributed by atoms with Gasteiger partial charge in [0, 0.05) is 37.5 Å². The summed E-state index contributed by atoms with van der Waals surface area (Å²) in [5.41, 5.74) is -6.91. The van der Waals surface area contributed by atoms with Gasteiger partial charge in [0.25, 0.3) is 0 Å². The Morgan fingerprint density at radius 1 is 0.933 bits per heavy atom. The topological polar surface area (TPSA) is 218 Å². The van der Waals surface area contributed by atoms with Crippen molar-refractivity contribution in [3.63, 3.8) is 0 Å². The van der Waals surface area contributed by atoms with Gasteiger partial charge in [0.2, 0.25) is 6.10 Å². The van der Waals surface area contributed by atoms with Crippen LogP contribution in [-0.2, 0) is 52.4 Å². The predicted molar refractivity (Wildman–Crippen MR) is 210 cm³/mol. The molecule has 15 heteroatoms. The summed E-state index contributed by atoms with van der Waals surface area (Å²) >= 11 is 0. The molecule has 1 heterocycles. The van der Waals surface area contributed by atoms with E-state index in [4.69, 9.17) is 28.4 Å². The zero-order chi connectivity index (χ0) is 43.9. The van der Waals surface area contributed by atoms with Gasteiger partial charge >= 0.3 is 29.8 Å². The minimum Gasteiger partial charge on any atom is -0.455 e. The van der Waals surface area contributed by atoms with E-state index in [0.29, 0.717) is 12.0 Å². The average molecular weight is 835 g/mol. The number of carbonyl (C=O) groups excluding carboxylic acids is 6. The van der Waals surface area contributed by atoms with E-state index in [1.807, 2.05) is 0 Å². The van der Waals surface area contributed by atoms with E-state index in [1.165, 1.54) is 26.0 Å². The first-order valence-electron chi connectivity index (χ1n) is 20.3. The third kappa shape index (κ3) is 7.54. The van der Waals surface area contributed by atoms with Gasteiger partial charge in [-0.1, -0.05) is 76.2 Å². The van der Waals surface area contributed by atoms with Crippen LogP contribution in [0.2, 0.25) is 0 Å². The highest BCUT2D eigenvalue weighted by Crippen LogP contribution is 2.64. The molecular formula is C45H54O15. The first-order chi connectivity index (χ1) is 28.2. The van der Waals surface area contributed by atoms with Crippen LogP contribution in [0.1, 0.15) is 96.0 Å². The van der Waals surface area contributed by atoms with Crippen LogP contribution in [0.15, 0.2) is 71.8 Å². The van der Waals surface area contributed by atoms with Gasteiger partial charge in [0.05, 0.1) is 29.6 Å². The van der Waals surface area contributed by atoms with Crippen LogP contribution in [0.25, 0.3) is 0 Å². The molecule has 3 N–H and O–H groups in total. The number of Topliss-reactive ketones (excluding diaryl/α,β-unsaturated/α-hetero) is 1. The van der Waals surface area contributed by atoms with Crippen molar-refractivity contribution in [3.8, 4) is 0 Å². The lowest BCUT2D eigenvalue weighted by Gasteiger charge is -2.67. The zero-order valence-electron chi connectivity index (χ0n) is 34.9. The second-order valence-electron chi connectivity index (χ2n) is 17.1. The summed E-state index contributed by atoms with van der Waals surface area (Å²) in [7, 11) is 0. The lowest BCUT2D eigenvalue weighted by Crippen LogP contribution is -2.81. The first kappa shape index (κ1) is 44.6.